The number of Topliss-reactive ketones (excluding diaryl/α,β-unsaturated/α-hetero) is 1. The first-order chi connectivity index (χ1) is 8.66. The molecule has 0 aliphatic heterocycles. The van der Waals surface area contributed by atoms with Crippen molar-refractivity contribution in [2.24, 2.45) is 0 Å². The van der Waals surface area contributed by atoms with Gasteiger partial charge in [-0.25, -0.2) is 4.39 Å². The molecule has 0 aliphatic carbocycles. The number of hydrogen-bond acceptors (Lipinski definition) is 1. The van der Waals surface area contributed by atoms with Gasteiger partial charge in [0, 0.05) is 12.8 Å². The molecule has 0 aromatic heterocycles. The molecule has 2 aromatic rings. The first-order valence-electron chi connectivity index (χ1n) is 5.65. The molecular weight excluding hydrogens is 295 g/mol. The topological polar surface area (TPSA) is 17.1 Å². The standard InChI is InChI=1S/C15H12BrFO/c16-15-12(7-4-8-14(15)17)10-13(18)9-11-5-2-1-3-6-11/h1-8H,9-10H2. The van der Waals surface area contributed by atoms with E-state index in [2.05, 4.69) is 15.9 Å². The molecule has 0 aliphatic rings. The number of halogens is 2. The first kappa shape index (κ1) is 13.0. The van der Waals surface area contributed by atoms with Crippen LogP contribution in [-0.2, 0) is 17.6 Å². The van der Waals surface area contributed by atoms with Crippen molar-refractivity contribution in [2.75, 3.05) is 0 Å². The van der Waals surface area contributed by atoms with Gasteiger partial charge < -0.3 is 0 Å². The fraction of sp³-hybridized carbons (Fsp3) is 0.133. The molecule has 1 nitrogen and oxygen atoms in total. The molecule has 0 spiro atoms. The van der Waals surface area contributed by atoms with Crippen LogP contribution in [0.4, 0.5) is 4.39 Å². The van der Waals surface area contributed by atoms with Gasteiger partial charge in [0.2, 0.25) is 0 Å². The molecule has 0 saturated heterocycles. The molecule has 18 heavy (non-hydrogen) atoms. The molecule has 0 N–H and O–H groups in total. The molecule has 92 valence electrons. The Morgan fingerprint density at radius 3 is 2.44 bits per heavy atom. The zero-order valence-electron chi connectivity index (χ0n) is 9.70. The van der Waals surface area contributed by atoms with Crippen molar-refractivity contribution in [1.82, 2.24) is 0 Å². The largest absolute Gasteiger partial charge is 0.299 e. The van der Waals surface area contributed by atoms with Crippen molar-refractivity contribution < 1.29 is 9.18 Å². The Balaban J connectivity index is 2.06. The van der Waals surface area contributed by atoms with Crippen molar-refractivity contribution in [3.05, 3.63) is 69.9 Å². The molecule has 0 radical (unpaired) electrons. The fourth-order valence-corrected chi connectivity index (χ4v) is 2.19. The quantitative estimate of drug-likeness (QED) is 0.836. The highest BCUT2D eigenvalue weighted by molar-refractivity contribution is 9.10. The average Bonchev–Trinajstić information content (AvgIpc) is 2.36. The van der Waals surface area contributed by atoms with Crippen LogP contribution in [0.3, 0.4) is 0 Å². The maximum atomic E-state index is 13.3. The van der Waals surface area contributed by atoms with Crippen LogP contribution in [0.2, 0.25) is 0 Å². The molecule has 2 aromatic carbocycles. The zero-order valence-corrected chi connectivity index (χ0v) is 11.3. The summed E-state index contributed by atoms with van der Waals surface area (Å²) in [6, 6.07) is 14.3. The lowest BCUT2D eigenvalue weighted by molar-refractivity contribution is -0.117. The molecule has 0 fully saturated rings. The van der Waals surface area contributed by atoms with Crippen LogP contribution >= 0.6 is 15.9 Å². The van der Waals surface area contributed by atoms with Crippen molar-refractivity contribution >= 4 is 21.7 Å². The van der Waals surface area contributed by atoms with E-state index in [1.165, 1.54) is 6.07 Å². The number of carbonyl (C=O) groups is 1. The van der Waals surface area contributed by atoms with Gasteiger partial charge in [-0.05, 0) is 33.1 Å². The third kappa shape index (κ3) is 3.26. The molecule has 0 unspecified atom stereocenters. The Bertz CT molecular complexity index is 552. The van der Waals surface area contributed by atoms with Gasteiger partial charge >= 0.3 is 0 Å². The van der Waals surface area contributed by atoms with Crippen molar-refractivity contribution in [2.45, 2.75) is 12.8 Å². The molecule has 3 heteroatoms. The van der Waals surface area contributed by atoms with Crippen LogP contribution < -0.4 is 0 Å². The van der Waals surface area contributed by atoms with Gasteiger partial charge in [0.15, 0.2) is 0 Å². The van der Waals surface area contributed by atoms with Crippen molar-refractivity contribution in [3.8, 4) is 0 Å². The lowest BCUT2D eigenvalue weighted by Gasteiger charge is -2.05. The van der Waals surface area contributed by atoms with Gasteiger partial charge in [0.1, 0.15) is 11.6 Å². The van der Waals surface area contributed by atoms with E-state index in [1.807, 2.05) is 30.3 Å². The average molecular weight is 307 g/mol. The number of hydrogen-bond donors (Lipinski definition) is 0. The summed E-state index contributed by atoms with van der Waals surface area (Å²) in [6.07, 6.45) is 0.622. The van der Waals surface area contributed by atoms with Crippen LogP contribution in [-0.4, -0.2) is 5.78 Å². The third-order valence-corrected chi connectivity index (χ3v) is 3.55. The molecular formula is C15H12BrFO. The predicted octanol–water partition coefficient (Wildman–Crippen LogP) is 3.94. The predicted molar refractivity (Wildman–Crippen MR) is 73.0 cm³/mol. The fourth-order valence-electron chi connectivity index (χ4n) is 1.78. The Morgan fingerprint density at radius 2 is 1.72 bits per heavy atom. The van der Waals surface area contributed by atoms with Gasteiger partial charge in [0.05, 0.1) is 4.47 Å². The van der Waals surface area contributed by atoms with Crippen LogP contribution in [0.1, 0.15) is 11.1 Å². The minimum absolute atomic E-state index is 0.0764. The number of carbonyl (C=O) groups excluding carboxylic acids is 1. The Hall–Kier alpha value is -1.48. The lowest BCUT2D eigenvalue weighted by atomic mass is 10.0. The monoisotopic (exact) mass is 306 g/mol. The SMILES string of the molecule is O=C(Cc1ccccc1)Cc1cccc(F)c1Br. The second-order valence-corrected chi connectivity index (χ2v) is 4.88. The lowest BCUT2D eigenvalue weighted by Crippen LogP contribution is -2.07. The van der Waals surface area contributed by atoms with E-state index in [0.717, 1.165) is 5.56 Å². The van der Waals surface area contributed by atoms with E-state index in [0.29, 0.717) is 16.5 Å². The molecule has 0 atom stereocenters. The first-order valence-corrected chi connectivity index (χ1v) is 6.44. The highest BCUT2D eigenvalue weighted by atomic mass is 79.9. The van der Waals surface area contributed by atoms with Crippen LogP contribution in [0.25, 0.3) is 0 Å². The Labute approximate surface area is 114 Å². The van der Waals surface area contributed by atoms with E-state index in [1.54, 1.807) is 12.1 Å². The van der Waals surface area contributed by atoms with Crippen molar-refractivity contribution in [1.29, 1.82) is 0 Å². The van der Waals surface area contributed by atoms with Gasteiger partial charge in [-0.15, -0.1) is 0 Å². The van der Waals surface area contributed by atoms with E-state index < -0.39 is 0 Å². The van der Waals surface area contributed by atoms with Crippen LogP contribution in [0, 0.1) is 5.82 Å². The normalized spacial score (nSPS) is 10.3. The summed E-state index contributed by atoms with van der Waals surface area (Å²) in [4.78, 5) is 11.9. The van der Waals surface area contributed by atoms with Gasteiger partial charge in [-0.1, -0.05) is 42.5 Å². The Morgan fingerprint density at radius 1 is 1.00 bits per heavy atom. The second-order valence-electron chi connectivity index (χ2n) is 4.09. The van der Waals surface area contributed by atoms with Crippen LogP contribution in [0.15, 0.2) is 53.0 Å². The molecule has 2 rings (SSSR count). The summed E-state index contributed by atoms with van der Waals surface area (Å²) in [5.74, 6) is -0.257. The summed E-state index contributed by atoms with van der Waals surface area (Å²) in [5, 5.41) is 0. The minimum Gasteiger partial charge on any atom is -0.299 e. The Kier molecular flexibility index (Phi) is 4.26. The third-order valence-electron chi connectivity index (χ3n) is 2.66. The summed E-state index contributed by atoms with van der Waals surface area (Å²) in [7, 11) is 0. The van der Waals surface area contributed by atoms with Crippen LogP contribution in [0.5, 0.6) is 0 Å². The highest BCUT2D eigenvalue weighted by Gasteiger charge is 2.10. The van der Waals surface area contributed by atoms with Crippen molar-refractivity contribution in [3.63, 3.8) is 0 Å². The minimum atomic E-state index is -0.333. The smallest absolute Gasteiger partial charge is 0.141 e. The summed E-state index contributed by atoms with van der Waals surface area (Å²) >= 11 is 3.17. The highest BCUT2D eigenvalue weighted by Crippen LogP contribution is 2.21. The zero-order chi connectivity index (χ0) is 13.0. The summed E-state index contributed by atoms with van der Waals surface area (Å²) < 4.78 is 13.7. The molecule has 0 heterocycles. The van der Waals surface area contributed by atoms with E-state index in [-0.39, 0.29) is 18.0 Å². The maximum absolute atomic E-state index is 13.3. The number of rotatable bonds is 4. The van der Waals surface area contributed by atoms with Gasteiger partial charge in [-0.3, -0.25) is 4.79 Å². The number of benzene rings is 2. The van der Waals surface area contributed by atoms with Gasteiger partial charge in [-0.2, -0.15) is 0 Å². The molecule has 0 amide bonds. The van der Waals surface area contributed by atoms with Gasteiger partial charge in [0.25, 0.3) is 0 Å². The van der Waals surface area contributed by atoms with E-state index >= 15 is 0 Å². The molecule has 0 saturated carbocycles. The molecule has 0 bridgehead atoms. The van der Waals surface area contributed by atoms with E-state index in [9.17, 15) is 9.18 Å². The summed E-state index contributed by atoms with van der Waals surface area (Å²) in [6.45, 7) is 0. The van der Waals surface area contributed by atoms with E-state index in [4.69, 9.17) is 0 Å². The second kappa shape index (κ2) is 5.91. The maximum Gasteiger partial charge on any atom is 0.141 e. The number of ketones is 1. The summed E-state index contributed by atoms with van der Waals surface area (Å²) in [5.41, 5.74) is 1.67.